The van der Waals surface area contributed by atoms with Crippen molar-refractivity contribution < 1.29 is 9.53 Å². The Morgan fingerprint density at radius 2 is 2.29 bits per heavy atom. The van der Waals surface area contributed by atoms with Crippen LogP contribution < -0.4 is 5.32 Å². The second-order valence-electron chi connectivity index (χ2n) is 4.19. The number of unbranched alkanes of at least 4 members (excludes halogenated alkanes) is 1. The van der Waals surface area contributed by atoms with Crippen molar-refractivity contribution >= 4 is 5.91 Å². The lowest BCUT2D eigenvalue weighted by Gasteiger charge is -2.14. The molecule has 2 aliphatic rings. The molecule has 0 aromatic carbocycles. The molecule has 1 N–H and O–H groups in total. The van der Waals surface area contributed by atoms with Crippen LogP contribution in [0.3, 0.4) is 0 Å². The van der Waals surface area contributed by atoms with Crippen LogP contribution in [-0.4, -0.2) is 43.3 Å². The van der Waals surface area contributed by atoms with E-state index in [9.17, 15) is 4.79 Å². The summed E-state index contributed by atoms with van der Waals surface area (Å²) < 4.78 is 4.97. The van der Waals surface area contributed by atoms with Crippen LogP contribution in [0.5, 0.6) is 0 Å². The lowest BCUT2D eigenvalue weighted by Crippen LogP contribution is -2.32. The van der Waals surface area contributed by atoms with Crippen LogP contribution in [0, 0.1) is 0 Å². The molecule has 1 amide bonds. The molecular formula is C10H18N2O2. The number of ether oxygens (including phenoxy) is 1. The van der Waals surface area contributed by atoms with Gasteiger partial charge in [-0.2, -0.15) is 0 Å². The maximum absolute atomic E-state index is 11.8. The average molecular weight is 198 g/mol. The minimum Gasteiger partial charge on any atom is -0.385 e. The molecule has 1 aliphatic heterocycles. The van der Waals surface area contributed by atoms with Crippen LogP contribution in [-0.2, 0) is 9.53 Å². The van der Waals surface area contributed by atoms with Crippen molar-refractivity contribution in [2.75, 3.05) is 26.9 Å². The maximum atomic E-state index is 11.8. The van der Waals surface area contributed by atoms with Crippen LogP contribution >= 0.6 is 0 Å². The highest BCUT2D eigenvalue weighted by Crippen LogP contribution is 2.40. The molecular weight excluding hydrogens is 180 g/mol. The fourth-order valence-corrected chi connectivity index (χ4v) is 1.94. The number of nitrogens with one attached hydrogen (secondary N) is 1. The van der Waals surface area contributed by atoms with Gasteiger partial charge in [-0.3, -0.25) is 10.1 Å². The Kier molecular flexibility index (Phi) is 2.74. The van der Waals surface area contributed by atoms with Crippen molar-refractivity contribution in [3.05, 3.63) is 0 Å². The average Bonchev–Trinajstić information content (AvgIpc) is 2.90. The van der Waals surface area contributed by atoms with E-state index in [1.54, 1.807) is 7.11 Å². The van der Waals surface area contributed by atoms with E-state index in [4.69, 9.17) is 4.74 Å². The Bertz CT molecular complexity index is 226. The molecule has 2 rings (SSSR count). The van der Waals surface area contributed by atoms with E-state index in [0.29, 0.717) is 5.91 Å². The quantitative estimate of drug-likeness (QED) is 0.647. The number of rotatable bonds is 5. The van der Waals surface area contributed by atoms with Crippen LogP contribution in [0.15, 0.2) is 0 Å². The molecule has 0 unspecified atom stereocenters. The van der Waals surface area contributed by atoms with Gasteiger partial charge in [-0.1, -0.05) is 0 Å². The highest BCUT2D eigenvalue weighted by Gasteiger charge is 2.55. The molecule has 1 spiro atoms. The van der Waals surface area contributed by atoms with Gasteiger partial charge in [0, 0.05) is 20.3 Å². The molecule has 0 aromatic heterocycles. The van der Waals surface area contributed by atoms with E-state index in [-0.39, 0.29) is 5.54 Å². The van der Waals surface area contributed by atoms with Crippen molar-refractivity contribution in [1.82, 2.24) is 10.2 Å². The maximum Gasteiger partial charge on any atom is 0.243 e. The SMILES string of the molecule is COCCCCN1CNC2(CC2)C1=O. The number of carbonyl (C=O) groups excluding carboxylic acids is 1. The van der Waals surface area contributed by atoms with E-state index in [0.717, 1.165) is 45.5 Å². The molecule has 1 heterocycles. The predicted octanol–water partition coefficient (Wildman–Crippen LogP) is 0.335. The van der Waals surface area contributed by atoms with E-state index in [1.807, 2.05) is 4.90 Å². The summed E-state index contributed by atoms with van der Waals surface area (Å²) in [6, 6.07) is 0. The van der Waals surface area contributed by atoms with Gasteiger partial charge in [0.2, 0.25) is 5.91 Å². The van der Waals surface area contributed by atoms with E-state index in [2.05, 4.69) is 5.32 Å². The zero-order valence-electron chi connectivity index (χ0n) is 8.71. The van der Waals surface area contributed by atoms with Crippen LogP contribution in [0.4, 0.5) is 0 Å². The molecule has 80 valence electrons. The number of amides is 1. The van der Waals surface area contributed by atoms with Gasteiger partial charge in [0.05, 0.1) is 12.2 Å². The molecule has 0 radical (unpaired) electrons. The molecule has 4 nitrogen and oxygen atoms in total. The zero-order valence-corrected chi connectivity index (χ0v) is 8.71. The Balaban J connectivity index is 1.69. The summed E-state index contributed by atoms with van der Waals surface area (Å²) in [7, 11) is 1.71. The Morgan fingerprint density at radius 3 is 2.86 bits per heavy atom. The number of carbonyl (C=O) groups is 1. The zero-order chi connectivity index (χ0) is 10.0. The Morgan fingerprint density at radius 1 is 1.50 bits per heavy atom. The minimum atomic E-state index is -0.124. The van der Waals surface area contributed by atoms with Crippen LogP contribution in [0.2, 0.25) is 0 Å². The summed E-state index contributed by atoms with van der Waals surface area (Å²) in [5, 5.41) is 3.29. The monoisotopic (exact) mass is 198 g/mol. The minimum absolute atomic E-state index is 0.124. The van der Waals surface area contributed by atoms with Crippen molar-refractivity contribution in [3.63, 3.8) is 0 Å². The molecule has 0 aromatic rings. The van der Waals surface area contributed by atoms with Crippen LogP contribution in [0.25, 0.3) is 0 Å². The first-order valence-corrected chi connectivity index (χ1v) is 5.32. The lowest BCUT2D eigenvalue weighted by atomic mass is 10.2. The molecule has 4 heteroatoms. The van der Waals surface area contributed by atoms with E-state index >= 15 is 0 Å². The number of methoxy groups -OCH3 is 1. The molecule has 1 saturated carbocycles. The second-order valence-corrected chi connectivity index (χ2v) is 4.19. The van der Waals surface area contributed by atoms with Gasteiger partial charge in [0.15, 0.2) is 0 Å². The fraction of sp³-hybridized carbons (Fsp3) is 0.900. The smallest absolute Gasteiger partial charge is 0.243 e. The van der Waals surface area contributed by atoms with Gasteiger partial charge >= 0.3 is 0 Å². The third kappa shape index (κ3) is 1.77. The first kappa shape index (κ1) is 9.93. The van der Waals surface area contributed by atoms with E-state index in [1.165, 1.54) is 0 Å². The number of nitrogens with zero attached hydrogens (tertiary/aromatic N) is 1. The van der Waals surface area contributed by atoms with Gasteiger partial charge in [-0.25, -0.2) is 0 Å². The van der Waals surface area contributed by atoms with Crippen molar-refractivity contribution in [1.29, 1.82) is 0 Å². The van der Waals surface area contributed by atoms with Crippen LogP contribution in [0.1, 0.15) is 25.7 Å². The number of hydrogen-bond acceptors (Lipinski definition) is 3. The lowest BCUT2D eigenvalue weighted by molar-refractivity contribution is -0.129. The first-order chi connectivity index (χ1) is 6.78. The topological polar surface area (TPSA) is 41.6 Å². The largest absolute Gasteiger partial charge is 0.385 e. The predicted molar refractivity (Wildman–Crippen MR) is 52.8 cm³/mol. The standard InChI is InChI=1S/C10H18N2O2/c1-14-7-3-2-6-12-8-11-10(4-5-10)9(12)13/h11H,2-8H2,1H3. The summed E-state index contributed by atoms with van der Waals surface area (Å²) in [6.45, 7) is 2.41. The molecule has 1 aliphatic carbocycles. The first-order valence-electron chi connectivity index (χ1n) is 5.32. The summed E-state index contributed by atoms with van der Waals surface area (Å²) >= 11 is 0. The van der Waals surface area contributed by atoms with Gasteiger partial charge < -0.3 is 9.64 Å². The summed E-state index contributed by atoms with van der Waals surface area (Å²) in [5.41, 5.74) is -0.124. The Labute approximate surface area is 84.6 Å². The normalized spacial score (nSPS) is 23.5. The van der Waals surface area contributed by atoms with Crippen molar-refractivity contribution in [2.24, 2.45) is 0 Å². The van der Waals surface area contributed by atoms with Gasteiger partial charge in [-0.05, 0) is 25.7 Å². The Hall–Kier alpha value is -0.610. The highest BCUT2D eigenvalue weighted by molar-refractivity contribution is 5.91. The third-order valence-corrected chi connectivity index (χ3v) is 3.08. The summed E-state index contributed by atoms with van der Waals surface area (Å²) in [4.78, 5) is 13.7. The number of hydrogen-bond donors (Lipinski definition) is 1. The summed E-state index contributed by atoms with van der Waals surface area (Å²) in [6.07, 6.45) is 4.13. The second kappa shape index (κ2) is 3.87. The molecule has 0 atom stereocenters. The highest BCUT2D eigenvalue weighted by atomic mass is 16.5. The van der Waals surface area contributed by atoms with Crippen molar-refractivity contribution in [2.45, 2.75) is 31.2 Å². The molecule has 2 fully saturated rings. The van der Waals surface area contributed by atoms with Gasteiger partial charge in [0.1, 0.15) is 0 Å². The van der Waals surface area contributed by atoms with Gasteiger partial charge in [-0.15, -0.1) is 0 Å². The fourth-order valence-electron chi connectivity index (χ4n) is 1.94. The van der Waals surface area contributed by atoms with Crippen molar-refractivity contribution in [3.8, 4) is 0 Å². The summed E-state index contributed by atoms with van der Waals surface area (Å²) in [5.74, 6) is 0.315. The molecule has 1 saturated heterocycles. The van der Waals surface area contributed by atoms with Gasteiger partial charge in [0.25, 0.3) is 0 Å². The third-order valence-electron chi connectivity index (χ3n) is 3.08. The molecule has 0 bridgehead atoms. The molecule has 14 heavy (non-hydrogen) atoms. The van der Waals surface area contributed by atoms with E-state index < -0.39 is 0 Å².